The molecule has 3 aliphatic rings. The summed E-state index contributed by atoms with van der Waals surface area (Å²) in [6.45, 7) is 4.01. The molecule has 0 aromatic heterocycles. The molecule has 7 unspecified atom stereocenters. The highest BCUT2D eigenvalue weighted by Crippen LogP contribution is 2.35. The van der Waals surface area contributed by atoms with Gasteiger partial charge in [0, 0.05) is 12.0 Å². The molecule has 0 amide bonds. The van der Waals surface area contributed by atoms with Crippen LogP contribution in [0, 0.1) is 0 Å². The monoisotopic (exact) mass is 654 g/mol. The summed E-state index contributed by atoms with van der Waals surface area (Å²) in [5.41, 5.74) is 0.843. The Morgan fingerprint density at radius 3 is 1.93 bits per heavy atom. The summed E-state index contributed by atoms with van der Waals surface area (Å²) in [7, 11) is 0. The van der Waals surface area contributed by atoms with Gasteiger partial charge in [0.2, 0.25) is 0 Å². The van der Waals surface area contributed by atoms with Crippen LogP contribution >= 0.6 is 0 Å². The van der Waals surface area contributed by atoms with E-state index in [2.05, 4.69) is 6.92 Å². The van der Waals surface area contributed by atoms with Crippen LogP contribution in [0.15, 0.2) is 11.6 Å². The van der Waals surface area contributed by atoms with Crippen molar-refractivity contribution in [2.75, 3.05) is 0 Å². The second-order valence-electron chi connectivity index (χ2n) is 14.3. The van der Waals surface area contributed by atoms with E-state index in [1.165, 1.54) is 32.1 Å². The summed E-state index contributed by atoms with van der Waals surface area (Å²) in [5.74, 6) is -0.141. The smallest absolute Gasteiger partial charge is 0.334 e. The predicted octanol–water partition coefficient (Wildman–Crippen LogP) is 5.80. The van der Waals surface area contributed by atoms with E-state index in [0.717, 1.165) is 69.8 Å². The average Bonchev–Trinajstić information content (AvgIpc) is 3.75. The normalized spacial score (nSPS) is 29.1. The van der Waals surface area contributed by atoms with Crippen LogP contribution in [0.5, 0.6) is 0 Å². The van der Waals surface area contributed by atoms with Gasteiger partial charge < -0.3 is 39.7 Å². The highest BCUT2D eigenvalue weighted by molar-refractivity contribution is 5.90. The van der Waals surface area contributed by atoms with Crippen molar-refractivity contribution in [2.45, 2.75) is 216 Å². The number of hydrogen-bond donors (Lipinski definition) is 5. The van der Waals surface area contributed by atoms with Gasteiger partial charge in [-0.1, -0.05) is 84.0 Å². The summed E-state index contributed by atoms with van der Waals surface area (Å²) in [4.78, 5) is 11.6. The molecule has 0 bridgehead atoms. The first-order chi connectivity index (χ1) is 22.2. The zero-order valence-electron chi connectivity index (χ0n) is 28.8. The Morgan fingerprint density at radius 1 is 0.717 bits per heavy atom. The fraction of sp³-hybridized carbons (Fsp3) is 0.919. The molecule has 9 heteroatoms. The van der Waals surface area contributed by atoms with E-state index < -0.39 is 36.6 Å². The molecule has 0 aromatic rings. The number of aliphatic hydroxyl groups is 5. The van der Waals surface area contributed by atoms with Crippen LogP contribution < -0.4 is 0 Å². The molecule has 0 aliphatic carbocycles. The first-order valence-electron chi connectivity index (χ1n) is 18.8. The van der Waals surface area contributed by atoms with Crippen molar-refractivity contribution in [3.8, 4) is 0 Å². The molecule has 5 N–H and O–H groups in total. The molecule has 3 rings (SSSR count). The Kier molecular flexibility index (Phi) is 18.7. The fourth-order valence-corrected chi connectivity index (χ4v) is 7.33. The number of aliphatic hydroxyl groups excluding tert-OH is 5. The Morgan fingerprint density at radius 2 is 1.30 bits per heavy atom. The maximum atomic E-state index is 11.6. The van der Waals surface area contributed by atoms with E-state index in [4.69, 9.17) is 14.2 Å². The highest BCUT2D eigenvalue weighted by atomic mass is 16.6. The molecule has 3 heterocycles. The Labute approximate surface area is 278 Å². The van der Waals surface area contributed by atoms with Crippen LogP contribution in [-0.4, -0.2) is 92.5 Å². The molecule has 0 spiro atoms. The lowest BCUT2D eigenvalue weighted by Crippen LogP contribution is -2.35. The highest BCUT2D eigenvalue weighted by Gasteiger charge is 2.45. The maximum absolute atomic E-state index is 11.6. The minimum Gasteiger partial charge on any atom is -0.455 e. The fourth-order valence-electron chi connectivity index (χ4n) is 7.33. The van der Waals surface area contributed by atoms with Gasteiger partial charge in [-0.3, -0.25) is 0 Å². The molecular formula is C37H66O9. The van der Waals surface area contributed by atoms with Gasteiger partial charge >= 0.3 is 5.97 Å². The molecule has 10 atom stereocenters. The third-order valence-corrected chi connectivity index (χ3v) is 10.2. The number of esters is 1. The number of carbonyl (C=O) groups excluding carboxylic acids is 1. The largest absolute Gasteiger partial charge is 0.455 e. The number of rotatable bonds is 25. The third-order valence-electron chi connectivity index (χ3n) is 10.2. The molecule has 46 heavy (non-hydrogen) atoms. The lowest BCUT2D eigenvalue weighted by Gasteiger charge is -2.24. The summed E-state index contributed by atoms with van der Waals surface area (Å²) < 4.78 is 17.4. The Bertz CT molecular complexity index is 866. The van der Waals surface area contributed by atoms with Gasteiger partial charge in [0.25, 0.3) is 0 Å². The van der Waals surface area contributed by atoms with Crippen molar-refractivity contribution in [2.24, 2.45) is 0 Å². The summed E-state index contributed by atoms with van der Waals surface area (Å²) >= 11 is 0. The predicted molar refractivity (Wildman–Crippen MR) is 178 cm³/mol. The molecular weight excluding hydrogens is 588 g/mol. The first kappa shape index (κ1) is 39.4. The molecule has 2 fully saturated rings. The van der Waals surface area contributed by atoms with Gasteiger partial charge in [0.1, 0.15) is 12.2 Å². The van der Waals surface area contributed by atoms with Crippen LogP contribution in [0.25, 0.3) is 0 Å². The van der Waals surface area contributed by atoms with Crippen LogP contribution in [0.3, 0.4) is 0 Å². The molecule has 0 saturated carbocycles. The lowest BCUT2D eigenvalue weighted by atomic mass is 9.98. The van der Waals surface area contributed by atoms with E-state index in [1.807, 2.05) is 13.0 Å². The molecule has 3 aliphatic heterocycles. The second kappa shape index (κ2) is 21.8. The van der Waals surface area contributed by atoms with Crippen molar-refractivity contribution in [1.82, 2.24) is 0 Å². The van der Waals surface area contributed by atoms with Gasteiger partial charge in [-0.05, 0) is 70.8 Å². The minimum atomic E-state index is -0.760. The van der Waals surface area contributed by atoms with E-state index in [-0.39, 0.29) is 30.4 Å². The minimum absolute atomic E-state index is 0.0701. The van der Waals surface area contributed by atoms with Crippen molar-refractivity contribution < 1.29 is 44.5 Å². The number of ether oxygens (including phenoxy) is 3. The van der Waals surface area contributed by atoms with Crippen LogP contribution in [0.2, 0.25) is 0 Å². The van der Waals surface area contributed by atoms with E-state index in [0.29, 0.717) is 44.9 Å². The van der Waals surface area contributed by atoms with Gasteiger partial charge in [-0.25, -0.2) is 4.79 Å². The zero-order valence-corrected chi connectivity index (χ0v) is 28.8. The molecule has 268 valence electrons. The van der Waals surface area contributed by atoms with Crippen LogP contribution in [0.1, 0.15) is 155 Å². The summed E-state index contributed by atoms with van der Waals surface area (Å²) in [5, 5.41) is 52.4. The number of hydrogen-bond acceptors (Lipinski definition) is 9. The SMILES string of the molecule is CCCCCC(O)C(O)CCC[C@@H](O)[C@@H]1CC[C@@H](C2CC(O)C(C(O)CCCCCCCCCCCCC3=CC(C)OC3=O)O2)O1. The van der Waals surface area contributed by atoms with Gasteiger partial charge in [0.15, 0.2) is 0 Å². The van der Waals surface area contributed by atoms with E-state index >= 15 is 0 Å². The zero-order chi connectivity index (χ0) is 33.3. The van der Waals surface area contributed by atoms with Crippen molar-refractivity contribution in [3.63, 3.8) is 0 Å². The Hall–Kier alpha value is -1.07. The third kappa shape index (κ3) is 13.8. The first-order valence-corrected chi connectivity index (χ1v) is 18.8. The maximum Gasteiger partial charge on any atom is 0.334 e. The number of cyclic esters (lactones) is 1. The molecule has 0 radical (unpaired) electrons. The number of unbranched alkanes of at least 4 members (excludes halogenated alkanes) is 11. The quantitative estimate of drug-likeness (QED) is 0.0609. The lowest BCUT2D eigenvalue weighted by molar-refractivity contribution is -0.139. The van der Waals surface area contributed by atoms with Gasteiger partial charge in [0.05, 0.1) is 48.8 Å². The Balaban J connectivity index is 1.18. The van der Waals surface area contributed by atoms with Crippen molar-refractivity contribution >= 4 is 5.97 Å². The van der Waals surface area contributed by atoms with Crippen molar-refractivity contribution in [3.05, 3.63) is 11.6 Å². The standard InChI is InChI=1S/C37H66O9/c1-3-4-13-18-28(38)29(39)20-16-21-30(40)33-22-23-34(45-33)35-25-32(42)36(46-35)31(41)19-15-12-10-8-6-5-7-9-11-14-17-27-24-26(2)44-37(27)43/h24,26,28-36,38-42H,3-23,25H2,1-2H3/t26?,28?,29?,30-,31?,32?,33+,34+,35?,36?/m1/s1. The number of carbonyl (C=O) groups is 1. The van der Waals surface area contributed by atoms with Gasteiger partial charge in [-0.2, -0.15) is 0 Å². The summed E-state index contributed by atoms with van der Waals surface area (Å²) in [6, 6.07) is 0. The van der Waals surface area contributed by atoms with Crippen LogP contribution in [-0.2, 0) is 19.0 Å². The van der Waals surface area contributed by atoms with E-state index in [1.54, 1.807) is 0 Å². The van der Waals surface area contributed by atoms with Gasteiger partial charge in [-0.15, -0.1) is 0 Å². The molecule has 0 aromatic carbocycles. The topological polar surface area (TPSA) is 146 Å². The second-order valence-corrected chi connectivity index (χ2v) is 14.3. The molecule has 9 nitrogen and oxygen atoms in total. The van der Waals surface area contributed by atoms with Crippen LogP contribution in [0.4, 0.5) is 0 Å². The summed E-state index contributed by atoms with van der Waals surface area (Å²) in [6.07, 6.45) is 17.0. The molecule has 2 saturated heterocycles. The van der Waals surface area contributed by atoms with E-state index in [9.17, 15) is 30.3 Å². The van der Waals surface area contributed by atoms with Crippen molar-refractivity contribution in [1.29, 1.82) is 0 Å². The average molecular weight is 655 g/mol.